The molecular formula is C10H19N5OS. The summed E-state index contributed by atoms with van der Waals surface area (Å²) < 4.78 is 1.93. The fourth-order valence-electron chi connectivity index (χ4n) is 1.40. The van der Waals surface area contributed by atoms with E-state index in [1.165, 1.54) is 11.8 Å². The molecule has 1 unspecified atom stereocenters. The lowest BCUT2D eigenvalue weighted by atomic mass is 10.4. The maximum atomic E-state index is 11.6. The quantitative estimate of drug-likeness (QED) is 0.719. The Morgan fingerprint density at radius 2 is 2.24 bits per heavy atom. The number of nitrogens with two attached hydrogens (primary N) is 1. The summed E-state index contributed by atoms with van der Waals surface area (Å²) in [5.74, 6) is 0.760. The number of nitrogens with zero attached hydrogens (tertiary/aromatic N) is 3. The Labute approximate surface area is 105 Å². The number of amides is 1. The zero-order chi connectivity index (χ0) is 12.8. The van der Waals surface area contributed by atoms with Gasteiger partial charge in [0.15, 0.2) is 5.16 Å². The summed E-state index contributed by atoms with van der Waals surface area (Å²) in [5.41, 5.74) is 5.57. The third-order valence-electron chi connectivity index (χ3n) is 2.29. The molecular weight excluding hydrogens is 238 g/mol. The molecule has 17 heavy (non-hydrogen) atoms. The largest absolute Gasteiger partial charge is 0.355 e. The first-order valence-electron chi connectivity index (χ1n) is 5.70. The summed E-state index contributed by atoms with van der Waals surface area (Å²) >= 11 is 1.40. The van der Waals surface area contributed by atoms with Gasteiger partial charge in [0, 0.05) is 13.1 Å². The highest BCUT2D eigenvalue weighted by atomic mass is 32.2. The van der Waals surface area contributed by atoms with E-state index < -0.39 is 0 Å². The highest BCUT2D eigenvalue weighted by Crippen LogP contribution is 2.22. The second-order valence-electron chi connectivity index (χ2n) is 3.50. The van der Waals surface area contributed by atoms with E-state index in [4.69, 9.17) is 5.73 Å². The summed E-state index contributed by atoms with van der Waals surface area (Å²) in [6.45, 7) is 7.51. The Kier molecular flexibility index (Phi) is 5.43. The molecule has 0 saturated heterocycles. The van der Waals surface area contributed by atoms with Crippen molar-refractivity contribution in [3.63, 3.8) is 0 Å². The molecule has 7 heteroatoms. The molecule has 0 aliphatic rings. The van der Waals surface area contributed by atoms with Crippen LogP contribution in [-0.4, -0.2) is 32.5 Å². The number of rotatable bonds is 6. The van der Waals surface area contributed by atoms with Crippen LogP contribution in [0.1, 0.15) is 26.6 Å². The van der Waals surface area contributed by atoms with Crippen molar-refractivity contribution in [3.05, 3.63) is 5.82 Å². The standard InChI is InChI=1S/C10H19N5OS/c1-4-12-9(16)7(3)17-10-14-13-8(6-11)15(10)5-2/h7H,4-6,11H2,1-3H3,(H,12,16). The van der Waals surface area contributed by atoms with E-state index in [0.717, 1.165) is 17.5 Å². The molecule has 0 aliphatic carbocycles. The third-order valence-corrected chi connectivity index (χ3v) is 3.38. The smallest absolute Gasteiger partial charge is 0.233 e. The van der Waals surface area contributed by atoms with Crippen molar-refractivity contribution in [2.75, 3.05) is 6.54 Å². The number of hydrogen-bond acceptors (Lipinski definition) is 5. The lowest BCUT2D eigenvalue weighted by molar-refractivity contribution is -0.120. The van der Waals surface area contributed by atoms with Crippen LogP contribution in [0, 0.1) is 0 Å². The van der Waals surface area contributed by atoms with Crippen molar-refractivity contribution < 1.29 is 4.79 Å². The molecule has 0 spiro atoms. The van der Waals surface area contributed by atoms with Gasteiger partial charge in [-0.15, -0.1) is 10.2 Å². The van der Waals surface area contributed by atoms with Crippen LogP contribution in [0.4, 0.5) is 0 Å². The molecule has 0 saturated carbocycles. The second-order valence-corrected chi connectivity index (χ2v) is 4.81. The van der Waals surface area contributed by atoms with Gasteiger partial charge in [0.1, 0.15) is 5.82 Å². The van der Waals surface area contributed by atoms with E-state index in [9.17, 15) is 4.79 Å². The van der Waals surface area contributed by atoms with Gasteiger partial charge in [-0.25, -0.2) is 0 Å². The van der Waals surface area contributed by atoms with Crippen LogP contribution in [0.3, 0.4) is 0 Å². The number of nitrogens with one attached hydrogen (secondary N) is 1. The van der Waals surface area contributed by atoms with Gasteiger partial charge < -0.3 is 15.6 Å². The van der Waals surface area contributed by atoms with Crippen molar-refractivity contribution in [2.24, 2.45) is 5.73 Å². The van der Waals surface area contributed by atoms with E-state index in [-0.39, 0.29) is 11.2 Å². The van der Waals surface area contributed by atoms with Gasteiger partial charge in [0.05, 0.1) is 11.8 Å². The maximum absolute atomic E-state index is 11.6. The topological polar surface area (TPSA) is 85.8 Å². The first kappa shape index (κ1) is 14.0. The average molecular weight is 257 g/mol. The normalized spacial score (nSPS) is 12.5. The summed E-state index contributed by atoms with van der Waals surface area (Å²) in [5, 5.41) is 11.4. The van der Waals surface area contributed by atoms with Crippen LogP contribution in [-0.2, 0) is 17.9 Å². The van der Waals surface area contributed by atoms with E-state index in [1.807, 2.05) is 25.3 Å². The van der Waals surface area contributed by atoms with Crippen molar-refractivity contribution in [3.8, 4) is 0 Å². The van der Waals surface area contributed by atoms with Gasteiger partial charge in [0.25, 0.3) is 0 Å². The van der Waals surface area contributed by atoms with Gasteiger partial charge in [-0.05, 0) is 20.8 Å². The third kappa shape index (κ3) is 3.44. The number of thioether (sulfide) groups is 1. The van der Waals surface area contributed by atoms with Crippen molar-refractivity contribution in [2.45, 2.75) is 44.3 Å². The average Bonchev–Trinajstić information content (AvgIpc) is 2.71. The Hall–Kier alpha value is -1.08. The molecule has 0 aromatic carbocycles. The molecule has 6 nitrogen and oxygen atoms in total. The molecule has 0 bridgehead atoms. The molecule has 0 radical (unpaired) electrons. The minimum Gasteiger partial charge on any atom is -0.355 e. The summed E-state index contributed by atoms with van der Waals surface area (Å²) in [6, 6.07) is 0. The van der Waals surface area contributed by atoms with Crippen molar-refractivity contribution in [1.29, 1.82) is 0 Å². The van der Waals surface area contributed by atoms with Gasteiger partial charge in [0.2, 0.25) is 5.91 Å². The van der Waals surface area contributed by atoms with Crippen LogP contribution in [0.25, 0.3) is 0 Å². The van der Waals surface area contributed by atoms with Crippen molar-refractivity contribution in [1.82, 2.24) is 20.1 Å². The summed E-state index contributed by atoms with van der Waals surface area (Å²) in [6.07, 6.45) is 0. The molecule has 1 aromatic heterocycles. The zero-order valence-electron chi connectivity index (χ0n) is 10.4. The monoisotopic (exact) mass is 257 g/mol. The molecule has 1 heterocycles. The maximum Gasteiger partial charge on any atom is 0.233 e. The van der Waals surface area contributed by atoms with E-state index in [2.05, 4.69) is 15.5 Å². The van der Waals surface area contributed by atoms with Gasteiger partial charge in [-0.3, -0.25) is 4.79 Å². The molecule has 96 valence electrons. The zero-order valence-corrected chi connectivity index (χ0v) is 11.3. The lowest BCUT2D eigenvalue weighted by Gasteiger charge is -2.11. The van der Waals surface area contributed by atoms with Crippen LogP contribution in [0.15, 0.2) is 5.16 Å². The fraction of sp³-hybridized carbons (Fsp3) is 0.700. The molecule has 0 fully saturated rings. The van der Waals surface area contributed by atoms with Crippen LogP contribution >= 0.6 is 11.8 Å². The predicted octanol–water partition coefficient (Wildman–Crippen LogP) is 0.373. The molecule has 1 rings (SSSR count). The molecule has 0 aliphatic heterocycles. The van der Waals surface area contributed by atoms with Crippen LogP contribution in [0.5, 0.6) is 0 Å². The van der Waals surface area contributed by atoms with E-state index in [0.29, 0.717) is 13.1 Å². The lowest BCUT2D eigenvalue weighted by Crippen LogP contribution is -2.30. The Bertz CT molecular complexity index is 379. The van der Waals surface area contributed by atoms with Crippen LogP contribution < -0.4 is 11.1 Å². The van der Waals surface area contributed by atoms with E-state index >= 15 is 0 Å². The Balaban J connectivity index is 2.74. The van der Waals surface area contributed by atoms with Gasteiger partial charge >= 0.3 is 0 Å². The minimum atomic E-state index is -0.185. The SMILES string of the molecule is CCNC(=O)C(C)Sc1nnc(CN)n1CC. The Morgan fingerprint density at radius 3 is 2.76 bits per heavy atom. The fourth-order valence-corrected chi connectivity index (χ4v) is 2.36. The molecule has 1 atom stereocenters. The first-order valence-corrected chi connectivity index (χ1v) is 6.58. The Morgan fingerprint density at radius 1 is 1.53 bits per heavy atom. The summed E-state index contributed by atoms with van der Waals surface area (Å²) in [7, 11) is 0. The van der Waals surface area contributed by atoms with Gasteiger partial charge in [-0.1, -0.05) is 11.8 Å². The highest BCUT2D eigenvalue weighted by molar-refractivity contribution is 8.00. The highest BCUT2D eigenvalue weighted by Gasteiger charge is 2.18. The van der Waals surface area contributed by atoms with Gasteiger partial charge in [-0.2, -0.15) is 0 Å². The minimum absolute atomic E-state index is 0.0115. The number of hydrogen-bond donors (Lipinski definition) is 2. The van der Waals surface area contributed by atoms with Crippen molar-refractivity contribution >= 4 is 17.7 Å². The first-order chi connectivity index (χ1) is 8.13. The molecule has 1 amide bonds. The van der Waals surface area contributed by atoms with E-state index in [1.54, 1.807) is 0 Å². The molecule has 1 aromatic rings. The predicted molar refractivity (Wildman–Crippen MR) is 67.6 cm³/mol. The van der Waals surface area contributed by atoms with Crippen LogP contribution in [0.2, 0.25) is 0 Å². The second kappa shape index (κ2) is 6.61. The number of carbonyl (C=O) groups excluding carboxylic acids is 1. The number of aromatic nitrogens is 3. The summed E-state index contributed by atoms with van der Waals surface area (Å²) in [4.78, 5) is 11.6. The molecule has 3 N–H and O–H groups in total. The number of carbonyl (C=O) groups is 1.